The van der Waals surface area contributed by atoms with E-state index in [1.54, 1.807) is 4.68 Å². The first kappa shape index (κ1) is 24.2. The van der Waals surface area contributed by atoms with Gasteiger partial charge in [-0.3, -0.25) is 24.9 Å². The molecule has 0 bridgehead atoms. The van der Waals surface area contributed by atoms with Gasteiger partial charge in [0.2, 0.25) is 5.91 Å². The summed E-state index contributed by atoms with van der Waals surface area (Å²) >= 11 is 6.60. The van der Waals surface area contributed by atoms with Crippen molar-refractivity contribution in [2.24, 2.45) is 7.05 Å². The highest BCUT2D eigenvalue weighted by molar-refractivity contribution is 7.99. The quantitative estimate of drug-likeness (QED) is 0.243. The van der Waals surface area contributed by atoms with E-state index in [4.69, 9.17) is 17.0 Å². The number of nitrogens with zero attached hydrogens (tertiary/aromatic N) is 5. The van der Waals surface area contributed by atoms with Crippen molar-refractivity contribution in [3.63, 3.8) is 0 Å². The van der Waals surface area contributed by atoms with Crippen molar-refractivity contribution in [3.8, 4) is 11.5 Å². The topological polar surface area (TPSA) is 111 Å². The van der Waals surface area contributed by atoms with Gasteiger partial charge in [0.1, 0.15) is 5.69 Å². The Bertz CT molecular complexity index is 1110. The predicted octanol–water partition coefficient (Wildman–Crippen LogP) is 2.21. The average molecular weight is 501 g/mol. The van der Waals surface area contributed by atoms with Gasteiger partial charge in [0.15, 0.2) is 16.1 Å². The molecule has 1 aliphatic rings. The number of carbonyl (C=O) groups excluding carboxylic acids is 1. The fraction of sp³-hybridized carbons (Fsp3) is 0.409. The van der Waals surface area contributed by atoms with Crippen LogP contribution in [0.5, 0.6) is 0 Å². The van der Waals surface area contributed by atoms with Gasteiger partial charge in [-0.2, -0.15) is 5.10 Å². The van der Waals surface area contributed by atoms with Crippen LogP contribution in [0.3, 0.4) is 0 Å². The minimum absolute atomic E-state index is 0.00820. The highest BCUT2D eigenvalue weighted by atomic mass is 32.2. The summed E-state index contributed by atoms with van der Waals surface area (Å²) < 4.78 is 9.52. The zero-order valence-electron chi connectivity index (χ0n) is 19.1. The van der Waals surface area contributed by atoms with Crippen LogP contribution < -0.4 is 16.2 Å². The van der Waals surface area contributed by atoms with Gasteiger partial charge in [0.25, 0.3) is 0 Å². The first-order valence-corrected chi connectivity index (χ1v) is 12.5. The lowest BCUT2D eigenvalue weighted by atomic mass is 10.1. The van der Waals surface area contributed by atoms with E-state index in [0.29, 0.717) is 22.6 Å². The molecule has 0 saturated carbocycles. The number of amides is 1. The van der Waals surface area contributed by atoms with Crippen molar-refractivity contribution in [3.05, 3.63) is 48.2 Å². The minimum atomic E-state index is -0.229. The molecule has 2 atom stereocenters. The van der Waals surface area contributed by atoms with E-state index in [2.05, 4.69) is 31.5 Å². The number of aromatic nitrogens is 5. The number of thiocarbonyl (C=S) groups is 1. The molecule has 180 valence electrons. The Morgan fingerprint density at radius 2 is 2.09 bits per heavy atom. The molecule has 4 rings (SSSR count). The highest BCUT2D eigenvalue weighted by Crippen LogP contribution is 2.25. The van der Waals surface area contributed by atoms with Crippen molar-refractivity contribution in [1.82, 2.24) is 40.7 Å². The number of carbonyl (C=O) groups is 1. The largest absolute Gasteiger partial charge is 0.376 e. The van der Waals surface area contributed by atoms with Crippen molar-refractivity contribution in [2.45, 2.75) is 43.6 Å². The lowest BCUT2D eigenvalue weighted by Crippen LogP contribution is -2.47. The molecule has 1 aromatic carbocycles. The Kier molecular flexibility index (Phi) is 8.14. The highest BCUT2D eigenvalue weighted by Gasteiger charge is 2.23. The summed E-state index contributed by atoms with van der Waals surface area (Å²) in [6.45, 7) is 3.38. The second-order valence-electron chi connectivity index (χ2n) is 7.99. The number of aryl methyl sites for hydroxylation is 1. The molecular formula is C22H28N8O2S2. The molecule has 0 aliphatic carbocycles. The van der Waals surface area contributed by atoms with E-state index >= 15 is 0 Å². The van der Waals surface area contributed by atoms with Gasteiger partial charge in [0, 0.05) is 19.9 Å². The Hall–Kier alpha value is -2.96. The summed E-state index contributed by atoms with van der Waals surface area (Å²) in [6, 6.07) is 11.8. The van der Waals surface area contributed by atoms with Crippen LogP contribution >= 0.6 is 24.0 Å². The van der Waals surface area contributed by atoms with Crippen LogP contribution in [0.25, 0.3) is 11.5 Å². The maximum atomic E-state index is 12.4. The Labute approximate surface area is 207 Å². The van der Waals surface area contributed by atoms with Crippen LogP contribution in [0.2, 0.25) is 0 Å². The molecule has 1 amide bonds. The summed E-state index contributed by atoms with van der Waals surface area (Å²) in [5.74, 6) is 0.584. The van der Waals surface area contributed by atoms with Crippen molar-refractivity contribution in [2.75, 3.05) is 12.4 Å². The van der Waals surface area contributed by atoms with Gasteiger partial charge in [-0.05, 0) is 43.6 Å². The average Bonchev–Trinajstić information content (AvgIpc) is 3.59. The summed E-state index contributed by atoms with van der Waals surface area (Å²) in [6.07, 6.45) is 3.99. The third kappa shape index (κ3) is 6.33. The second-order valence-corrected chi connectivity index (χ2v) is 9.34. The van der Waals surface area contributed by atoms with Crippen molar-refractivity contribution < 1.29 is 9.53 Å². The number of nitrogens with one attached hydrogen (secondary N) is 3. The summed E-state index contributed by atoms with van der Waals surface area (Å²) in [5.41, 5.74) is 7.22. The summed E-state index contributed by atoms with van der Waals surface area (Å²) in [4.78, 5) is 12.4. The number of hydrazine groups is 1. The maximum Gasteiger partial charge on any atom is 0.248 e. The van der Waals surface area contributed by atoms with Gasteiger partial charge in [0.05, 0.1) is 24.4 Å². The lowest BCUT2D eigenvalue weighted by molar-refractivity contribution is -0.119. The van der Waals surface area contributed by atoms with Crippen molar-refractivity contribution >= 4 is 35.0 Å². The van der Waals surface area contributed by atoms with Gasteiger partial charge in [-0.25, -0.2) is 0 Å². The molecule has 0 unspecified atom stereocenters. The fourth-order valence-corrected chi connectivity index (χ4v) is 4.60. The molecule has 3 N–H and O–H groups in total. The van der Waals surface area contributed by atoms with Crippen LogP contribution in [0.4, 0.5) is 0 Å². The second kappa shape index (κ2) is 11.4. The molecule has 12 heteroatoms. The zero-order valence-corrected chi connectivity index (χ0v) is 20.7. The van der Waals surface area contributed by atoms with E-state index in [-0.39, 0.29) is 23.8 Å². The molecule has 3 aromatic rings. The van der Waals surface area contributed by atoms with Crippen LogP contribution in [0, 0.1) is 0 Å². The first-order chi connectivity index (χ1) is 16.5. The summed E-state index contributed by atoms with van der Waals surface area (Å²) in [7, 11) is 1.86. The number of ether oxygens (including phenoxy) is 1. The fourth-order valence-electron chi connectivity index (χ4n) is 3.63. The number of benzene rings is 1. The molecule has 2 aromatic heterocycles. The standard InChI is InChI=1S/C22H28N8O2S2/c1-15(16-7-4-3-5-8-16)23-21(33)26-24-19(31)14-34-22-27-25-20(18-10-11-29(2)28-18)30(22)13-17-9-6-12-32-17/h3-5,7-8,10-11,15,17H,6,9,12-14H2,1-2H3,(H,24,31)(H2,23,26,33)/t15-,17+/m0/s1. The normalized spacial score (nSPS) is 16.2. The zero-order chi connectivity index (χ0) is 23.9. The third-order valence-corrected chi connectivity index (χ3v) is 6.55. The van der Waals surface area contributed by atoms with Crippen LogP contribution in [0.15, 0.2) is 47.8 Å². The van der Waals surface area contributed by atoms with E-state index in [1.807, 2.05) is 61.1 Å². The first-order valence-electron chi connectivity index (χ1n) is 11.1. The number of hydrogen-bond donors (Lipinski definition) is 3. The summed E-state index contributed by atoms with van der Waals surface area (Å²) in [5, 5.41) is 17.2. The predicted molar refractivity (Wildman–Crippen MR) is 134 cm³/mol. The van der Waals surface area contributed by atoms with E-state index < -0.39 is 0 Å². The molecular weight excluding hydrogens is 472 g/mol. The Balaban J connectivity index is 1.32. The van der Waals surface area contributed by atoms with E-state index in [1.165, 1.54) is 11.8 Å². The van der Waals surface area contributed by atoms with Gasteiger partial charge in [-0.15, -0.1) is 10.2 Å². The van der Waals surface area contributed by atoms with E-state index in [9.17, 15) is 4.79 Å². The lowest BCUT2D eigenvalue weighted by Gasteiger charge is -2.17. The van der Waals surface area contributed by atoms with Gasteiger partial charge < -0.3 is 10.1 Å². The smallest absolute Gasteiger partial charge is 0.248 e. The van der Waals surface area contributed by atoms with Crippen LogP contribution in [0.1, 0.15) is 31.4 Å². The number of thioether (sulfide) groups is 1. The van der Waals surface area contributed by atoms with Gasteiger partial charge in [-0.1, -0.05) is 42.1 Å². The molecule has 34 heavy (non-hydrogen) atoms. The number of hydrogen-bond acceptors (Lipinski definition) is 7. The van der Waals surface area contributed by atoms with Crippen LogP contribution in [-0.4, -0.2) is 54.0 Å². The number of rotatable bonds is 8. The molecule has 0 radical (unpaired) electrons. The molecule has 1 aliphatic heterocycles. The van der Waals surface area contributed by atoms with Gasteiger partial charge >= 0.3 is 0 Å². The third-order valence-electron chi connectivity index (χ3n) is 5.36. The Morgan fingerprint density at radius 3 is 2.79 bits per heavy atom. The Morgan fingerprint density at radius 1 is 1.26 bits per heavy atom. The van der Waals surface area contributed by atoms with E-state index in [0.717, 1.165) is 30.7 Å². The molecule has 10 nitrogen and oxygen atoms in total. The molecule has 0 spiro atoms. The molecule has 3 heterocycles. The SMILES string of the molecule is C[C@H](NC(=S)NNC(=O)CSc1nnc(-c2ccn(C)n2)n1C[C@H]1CCCO1)c1ccccc1. The monoisotopic (exact) mass is 500 g/mol. The van der Waals surface area contributed by atoms with Crippen LogP contribution in [-0.2, 0) is 23.1 Å². The maximum absolute atomic E-state index is 12.4. The molecule has 1 saturated heterocycles. The minimum Gasteiger partial charge on any atom is -0.376 e. The van der Waals surface area contributed by atoms with Crippen molar-refractivity contribution in [1.29, 1.82) is 0 Å². The molecule has 1 fully saturated rings.